The molecular weight excluding hydrogens is 154 g/mol. The molecule has 0 bridgehead atoms. The van der Waals surface area contributed by atoms with E-state index < -0.39 is 0 Å². The third kappa shape index (κ3) is 22.6. The number of likely N-dealkylation sites (N-methyl/N-ethyl adjacent to an activating group) is 1. The van der Waals surface area contributed by atoms with E-state index in [2.05, 4.69) is 5.32 Å². The van der Waals surface area contributed by atoms with Crippen molar-refractivity contribution in [3.05, 3.63) is 0 Å². The number of ketones is 1. The molecule has 0 unspecified atom stereocenters. The summed E-state index contributed by atoms with van der Waals surface area (Å²) in [6.07, 6.45) is 0.722. The molecule has 12 heavy (non-hydrogen) atoms. The molecule has 0 aromatic rings. The smallest absolute Gasteiger partial charge is 0.130 e. The van der Waals surface area contributed by atoms with Gasteiger partial charge < -0.3 is 15.2 Å². The largest absolute Gasteiger partial charge is 0.395 e. The van der Waals surface area contributed by atoms with Crippen LogP contribution in [0.25, 0.3) is 0 Å². The van der Waals surface area contributed by atoms with Gasteiger partial charge in [0.05, 0.1) is 6.61 Å². The van der Waals surface area contributed by atoms with Gasteiger partial charge in [-0.25, -0.2) is 0 Å². The van der Waals surface area contributed by atoms with Crippen molar-refractivity contribution in [2.75, 3.05) is 20.2 Å². The Morgan fingerprint density at radius 2 is 2.00 bits per heavy atom. The van der Waals surface area contributed by atoms with Gasteiger partial charge in [0.2, 0.25) is 0 Å². The highest BCUT2D eigenvalue weighted by molar-refractivity contribution is 5.75. The SMILES string of the molecule is CC(=O)CC(C)C.CNCCO. The quantitative estimate of drug-likeness (QED) is 0.665. The second-order valence-electron chi connectivity index (χ2n) is 3.13. The fourth-order valence-corrected chi connectivity index (χ4v) is 0.687. The van der Waals surface area contributed by atoms with Crippen LogP contribution in [0.2, 0.25) is 0 Å². The molecule has 0 spiro atoms. The van der Waals surface area contributed by atoms with Crippen LogP contribution in [-0.4, -0.2) is 31.1 Å². The number of carbonyl (C=O) groups is 1. The van der Waals surface area contributed by atoms with E-state index in [1.807, 2.05) is 13.8 Å². The third-order valence-electron chi connectivity index (χ3n) is 1.06. The molecule has 0 aliphatic heterocycles. The first-order chi connectivity index (χ1) is 5.54. The average Bonchev–Trinajstić information content (AvgIpc) is 1.87. The molecule has 0 radical (unpaired) electrons. The number of aliphatic hydroxyl groups is 1. The first kappa shape index (κ1) is 14.1. The monoisotopic (exact) mass is 175 g/mol. The van der Waals surface area contributed by atoms with Gasteiger partial charge in [-0.05, 0) is 19.9 Å². The maximum absolute atomic E-state index is 10.3. The van der Waals surface area contributed by atoms with Crippen LogP contribution in [0.3, 0.4) is 0 Å². The third-order valence-corrected chi connectivity index (χ3v) is 1.06. The molecule has 0 aliphatic rings. The number of carbonyl (C=O) groups excluding carboxylic acids is 1. The maximum Gasteiger partial charge on any atom is 0.130 e. The number of hydrogen-bond acceptors (Lipinski definition) is 3. The van der Waals surface area contributed by atoms with Gasteiger partial charge in [0, 0.05) is 13.0 Å². The predicted octanol–water partition coefficient (Wildman–Crippen LogP) is 0.820. The fraction of sp³-hybridized carbons (Fsp3) is 0.889. The van der Waals surface area contributed by atoms with Crippen LogP contribution in [0.1, 0.15) is 27.2 Å². The Hall–Kier alpha value is -0.410. The van der Waals surface area contributed by atoms with Gasteiger partial charge in [0.15, 0.2) is 0 Å². The zero-order valence-corrected chi connectivity index (χ0v) is 8.55. The molecule has 0 atom stereocenters. The first-order valence-corrected chi connectivity index (χ1v) is 4.29. The summed E-state index contributed by atoms with van der Waals surface area (Å²) in [6.45, 7) is 6.64. The summed E-state index contributed by atoms with van der Waals surface area (Å²) in [5.41, 5.74) is 0. The van der Waals surface area contributed by atoms with Crippen LogP contribution in [0.5, 0.6) is 0 Å². The van der Waals surface area contributed by atoms with Crippen molar-refractivity contribution in [1.29, 1.82) is 0 Å². The molecule has 0 saturated carbocycles. The summed E-state index contributed by atoms with van der Waals surface area (Å²) in [5.74, 6) is 0.813. The maximum atomic E-state index is 10.3. The van der Waals surface area contributed by atoms with E-state index >= 15 is 0 Å². The summed E-state index contributed by atoms with van der Waals surface area (Å²) in [7, 11) is 1.80. The van der Waals surface area contributed by atoms with Crippen molar-refractivity contribution < 1.29 is 9.90 Å². The van der Waals surface area contributed by atoms with Crippen LogP contribution in [0, 0.1) is 5.92 Å². The minimum Gasteiger partial charge on any atom is -0.395 e. The number of aliphatic hydroxyl groups excluding tert-OH is 1. The van der Waals surface area contributed by atoms with E-state index in [9.17, 15) is 4.79 Å². The summed E-state index contributed by atoms with van der Waals surface area (Å²) < 4.78 is 0. The summed E-state index contributed by atoms with van der Waals surface area (Å²) in [5, 5.41) is 10.8. The van der Waals surface area contributed by atoms with E-state index in [1.165, 1.54) is 0 Å². The number of nitrogens with one attached hydrogen (secondary N) is 1. The molecule has 0 aliphatic carbocycles. The molecule has 0 aromatic heterocycles. The van der Waals surface area contributed by atoms with Crippen molar-refractivity contribution in [1.82, 2.24) is 5.32 Å². The lowest BCUT2D eigenvalue weighted by atomic mass is 10.1. The normalized spacial score (nSPS) is 9.17. The number of rotatable bonds is 4. The highest BCUT2D eigenvalue weighted by atomic mass is 16.3. The Balaban J connectivity index is 0. The Morgan fingerprint density at radius 3 is 2.00 bits per heavy atom. The van der Waals surface area contributed by atoms with Gasteiger partial charge in [-0.15, -0.1) is 0 Å². The van der Waals surface area contributed by atoms with Crippen LogP contribution < -0.4 is 5.32 Å². The lowest BCUT2D eigenvalue weighted by Gasteiger charge is -1.95. The second kappa shape index (κ2) is 10.6. The van der Waals surface area contributed by atoms with Crippen molar-refractivity contribution in [2.24, 2.45) is 5.92 Å². The van der Waals surface area contributed by atoms with Crippen molar-refractivity contribution in [3.63, 3.8) is 0 Å². The van der Waals surface area contributed by atoms with Crippen molar-refractivity contribution >= 4 is 5.78 Å². The average molecular weight is 175 g/mol. The molecule has 0 saturated heterocycles. The lowest BCUT2D eigenvalue weighted by molar-refractivity contribution is -0.117. The molecule has 3 nitrogen and oxygen atoms in total. The van der Waals surface area contributed by atoms with Crippen LogP contribution >= 0.6 is 0 Å². The molecular formula is C9H21NO2. The van der Waals surface area contributed by atoms with Gasteiger partial charge in [-0.2, -0.15) is 0 Å². The van der Waals surface area contributed by atoms with Gasteiger partial charge in [-0.3, -0.25) is 0 Å². The van der Waals surface area contributed by atoms with E-state index in [-0.39, 0.29) is 12.4 Å². The Morgan fingerprint density at radius 1 is 1.50 bits per heavy atom. The molecule has 74 valence electrons. The van der Waals surface area contributed by atoms with Gasteiger partial charge >= 0.3 is 0 Å². The topological polar surface area (TPSA) is 49.3 Å². The molecule has 2 N–H and O–H groups in total. The Kier molecular flexibility index (Phi) is 12.5. The molecule has 0 aromatic carbocycles. The molecule has 0 rings (SSSR count). The zero-order chi connectivity index (χ0) is 9.98. The number of Topliss-reactive ketones (excluding diaryl/α,β-unsaturated/α-hetero) is 1. The highest BCUT2D eigenvalue weighted by Crippen LogP contribution is 1.97. The van der Waals surface area contributed by atoms with Gasteiger partial charge in [0.25, 0.3) is 0 Å². The predicted molar refractivity (Wildman–Crippen MR) is 51.1 cm³/mol. The van der Waals surface area contributed by atoms with Gasteiger partial charge in [-0.1, -0.05) is 13.8 Å². The standard InChI is InChI=1S/C6H12O.C3H9NO/c1-5(2)4-6(3)7;1-4-2-3-5/h5H,4H2,1-3H3;4-5H,2-3H2,1H3. The van der Waals surface area contributed by atoms with E-state index in [0.29, 0.717) is 12.5 Å². The number of hydrogen-bond donors (Lipinski definition) is 2. The molecule has 0 amide bonds. The van der Waals surface area contributed by atoms with E-state index in [4.69, 9.17) is 5.11 Å². The minimum absolute atomic E-state index is 0.233. The van der Waals surface area contributed by atoms with Crippen LogP contribution in [0.4, 0.5) is 0 Å². The van der Waals surface area contributed by atoms with E-state index in [0.717, 1.165) is 6.42 Å². The van der Waals surface area contributed by atoms with Crippen molar-refractivity contribution in [3.8, 4) is 0 Å². The van der Waals surface area contributed by atoms with Crippen molar-refractivity contribution in [2.45, 2.75) is 27.2 Å². The fourth-order valence-electron chi connectivity index (χ4n) is 0.687. The summed E-state index contributed by atoms with van der Waals surface area (Å²) in [6, 6.07) is 0. The molecule has 3 heteroatoms. The Bertz CT molecular complexity index is 101. The zero-order valence-electron chi connectivity index (χ0n) is 8.55. The minimum atomic E-state index is 0.233. The Labute approximate surface area is 75.2 Å². The first-order valence-electron chi connectivity index (χ1n) is 4.29. The lowest BCUT2D eigenvalue weighted by Crippen LogP contribution is -2.10. The molecule has 0 fully saturated rings. The summed E-state index contributed by atoms with van der Waals surface area (Å²) in [4.78, 5) is 10.3. The van der Waals surface area contributed by atoms with Gasteiger partial charge in [0.1, 0.15) is 5.78 Å². The second-order valence-corrected chi connectivity index (χ2v) is 3.13. The summed E-state index contributed by atoms with van der Waals surface area (Å²) >= 11 is 0. The highest BCUT2D eigenvalue weighted by Gasteiger charge is 1.95. The van der Waals surface area contributed by atoms with Crippen LogP contribution in [0.15, 0.2) is 0 Å². The van der Waals surface area contributed by atoms with Crippen LogP contribution in [-0.2, 0) is 4.79 Å². The van der Waals surface area contributed by atoms with E-state index in [1.54, 1.807) is 14.0 Å². The molecule has 0 heterocycles.